The molecule has 0 fully saturated rings. The number of carbonyl (C=O) groups is 1. The smallest absolute Gasteiger partial charge is 0.171 e. The average molecular weight is 314 g/mol. The molecule has 0 saturated heterocycles. The summed E-state index contributed by atoms with van der Waals surface area (Å²) >= 11 is 3.01. The highest BCUT2D eigenvalue weighted by Crippen LogP contribution is 2.32. The molecule has 0 bridgehead atoms. The number of carbonyl (C=O) groups excluding carboxylic acids is 1. The maximum absolute atomic E-state index is 11.5. The van der Waals surface area contributed by atoms with Gasteiger partial charge in [-0.2, -0.15) is 0 Å². The molecule has 3 aromatic rings. The quantitative estimate of drug-likeness (QED) is 0.655. The predicted octanol–water partition coefficient (Wildman–Crippen LogP) is 4.75. The number of Topliss-reactive ketones (excluding diaryl/α,β-unsaturated/α-hetero) is 1. The SMILES string of the molecule is CC(=O)c1sc(-c2csc(-c3ccc(C)cc3)n2)nc1C. The number of rotatable bonds is 3. The second kappa shape index (κ2) is 5.50. The molecule has 0 saturated carbocycles. The Morgan fingerprint density at radius 1 is 1.05 bits per heavy atom. The van der Waals surface area contributed by atoms with E-state index in [1.807, 2.05) is 12.3 Å². The lowest BCUT2D eigenvalue weighted by Crippen LogP contribution is -1.89. The molecule has 2 aromatic heterocycles. The summed E-state index contributed by atoms with van der Waals surface area (Å²) in [7, 11) is 0. The van der Waals surface area contributed by atoms with Gasteiger partial charge in [0, 0.05) is 17.9 Å². The first-order valence-corrected chi connectivity index (χ1v) is 8.25. The van der Waals surface area contributed by atoms with Gasteiger partial charge in [0.2, 0.25) is 0 Å². The highest BCUT2D eigenvalue weighted by Gasteiger charge is 2.15. The van der Waals surface area contributed by atoms with Crippen LogP contribution in [0.3, 0.4) is 0 Å². The number of aromatic nitrogens is 2. The number of hydrogen-bond acceptors (Lipinski definition) is 5. The molecule has 3 nitrogen and oxygen atoms in total. The molecule has 0 atom stereocenters. The average Bonchev–Trinajstić information content (AvgIpc) is 3.06. The molecule has 3 rings (SSSR count). The monoisotopic (exact) mass is 314 g/mol. The van der Waals surface area contributed by atoms with E-state index >= 15 is 0 Å². The molecule has 1 aromatic carbocycles. The predicted molar refractivity (Wildman–Crippen MR) is 88.1 cm³/mol. The van der Waals surface area contributed by atoms with Gasteiger partial charge in [-0.15, -0.1) is 22.7 Å². The molecular formula is C16H14N2OS2. The van der Waals surface area contributed by atoms with Gasteiger partial charge in [0.05, 0.1) is 10.6 Å². The second-order valence-electron chi connectivity index (χ2n) is 4.89. The highest BCUT2D eigenvalue weighted by molar-refractivity contribution is 7.18. The van der Waals surface area contributed by atoms with Gasteiger partial charge in [-0.25, -0.2) is 9.97 Å². The lowest BCUT2D eigenvalue weighted by molar-refractivity contribution is 0.102. The van der Waals surface area contributed by atoms with Crippen molar-refractivity contribution >= 4 is 28.5 Å². The van der Waals surface area contributed by atoms with Gasteiger partial charge in [-0.3, -0.25) is 4.79 Å². The Morgan fingerprint density at radius 2 is 1.76 bits per heavy atom. The van der Waals surface area contributed by atoms with E-state index in [-0.39, 0.29) is 5.78 Å². The summed E-state index contributed by atoms with van der Waals surface area (Å²) in [4.78, 5) is 21.4. The third kappa shape index (κ3) is 2.80. The van der Waals surface area contributed by atoms with Crippen LogP contribution in [0.2, 0.25) is 0 Å². The van der Waals surface area contributed by atoms with Gasteiger partial charge in [0.1, 0.15) is 15.7 Å². The fourth-order valence-electron chi connectivity index (χ4n) is 2.03. The Morgan fingerprint density at radius 3 is 2.38 bits per heavy atom. The molecule has 0 N–H and O–H groups in total. The Bertz CT molecular complexity index is 800. The maximum Gasteiger partial charge on any atom is 0.171 e. The van der Waals surface area contributed by atoms with E-state index in [1.165, 1.54) is 16.9 Å². The number of aryl methyl sites for hydroxylation is 2. The van der Waals surface area contributed by atoms with Gasteiger partial charge in [-0.1, -0.05) is 29.8 Å². The summed E-state index contributed by atoms with van der Waals surface area (Å²) in [5.74, 6) is 0.0604. The van der Waals surface area contributed by atoms with E-state index in [0.29, 0.717) is 0 Å². The van der Waals surface area contributed by atoms with Crippen molar-refractivity contribution in [3.63, 3.8) is 0 Å². The Balaban J connectivity index is 1.96. The van der Waals surface area contributed by atoms with Crippen molar-refractivity contribution in [1.29, 1.82) is 0 Å². The van der Waals surface area contributed by atoms with Crippen LogP contribution in [0.5, 0.6) is 0 Å². The van der Waals surface area contributed by atoms with Gasteiger partial charge in [0.15, 0.2) is 5.78 Å². The maximum atomic E-state index is 11.5. The third-order valence-electron chi connectivity index (χ3n) is 3.14. The molecule has 21 heavy (non-hydrogen) atoms. The van der Waals surface area contributed by atoms with Gasteiger partial charge < -0.3 is 0 Å². The Hall–Kier alpha value is -1.85. The van der Waals surface area contributed by atoms with Crippen molar-refractivity contribution in [3.8, 4) is 21.3 Å². The zero-order valence-corrected chi connectivity index (χ0v) is 13.6. The van der Waals surface area contributed by atoms with Crippen LogP contribution in [-0.2, 0) is 0 Å². The van der Waals surface area contributed by atoms with Crippen LogP contribution in [-0.4, -0.2) is 15.8 Å². The molecular weight excluding hydrogens is 300 g/mol. The molecule has 0 aliphatic rings. The van der Waals surface area contributed by atoms with E-state index in [2.05, 4.69) is 41.2 Å². The highest BCUT2D eigenvalue weighted by atomic mass is 32.1. The first-order chi connectivity index (χ1) is 10.0. The minimum Gasteiger partial charge on any atom is -0.294 e. The van der Waals surface area contributed by atoms with E-state index in [1.54, 1.807) is 18.3 Å². The van der Waals surface area contributed by atoms with Crippen LogP contribution in [0.25, 0.3) is 21.3 Å². The lowest BCUT2D eigenvalue weighted by Gasteiger charge is -1.96. The Labute approximate surface area is 131 Å². The number of ketones is 1. The van der Waals surface area contributed by atoms with Crippen molar-refractivity contribution in [2.24, 2.45) is 0 Å². The van der Waals surface area contributed by atoms with Crippen LogP contribution in [0.15, 0.2) is 29.6 Å². The van der Waals surface area contributed by atoms with Crippen molar-refractivity contribution in [3.05, 3.63) is 45.8 Å². The zero-order valence-electron chi connectivity index (χ0n) is 12.0. The summed E-state index contributed by atoms with van der Waals surface area (Å²) < 4.78 is 0. The molecule has 106 valence electrons. The second-order valence-corrected chi connectivity index (χ2v) is 6.75. The van der Waals surface area contributed by atoms with Crippen molar-refractivity contribution in [2.45, 2.75) is 20.8 Å². The zero-order chi connectivity index (χ0) is 15.0. The summed E-state index contributed by atoms with van der Waals surface area (Å²) in [6.07, 6.45) is 0. The number of benzene rings is 1. The lowest BCUT2D eigenvalue weighted by atomic mass is 10.2. The van der Waals surface area contributed by atoms with Gasteiger partial charge >= 0.3 is 0 Å². The third-order valence-corrected chi connectivity index (χ3v) is 5.31. The van der Waals surface area contributed by atoms with Gasteiger partial charge in [-0.05, 0) is 13.8 Å². The molecule has 2 heterocycles. The summed E-state index contributed by atoms with van der Waals surface area (Å²) in [6.45, 7) is 5.51. The number of nitrogens with zero attached hydrogens (tertiary/aromatic N) is 2. The molecule has 0 aliphatic carbocycles. The van der Waals surface area contributed by atoms with E-state index in [0.717, 1.165) is 31.8 Å². The van der Waals surface area contributed by atoms with Crippen LogP contribution in [0.4, 0.5) is 0 Å². The van der Waals surface area contributed by atoms with Gasteiger partial charge in [0.25, 0.3) is 0 Å². The van der Waals surface area contributed by atoms with Crippen molar-refractivity contribution in [2.75, 3.05) is 0 Å². The summed E-state index contributed by atoms with van der Waals surface area (Å²) in [6, 6.07) is 8.31. The number of hydrogen-bond donors (Lipinski definition) is 0. The largest absolute Gasteiger partial charge is 0.294 e. The van der Waals surface area contributed by atoms with Crippen LogP contribution >= 0.6 is 22.7 Å². The van der Waals surface area contributed by atoms with Crippen molar-refractivity contribution in [1.82, 2.24) is 9.97 Å². The fraction of sp³-hybridized carbons (Fsp3) is 0.188. The summed E-state index contributed by atoms with van der Waals surface area (Å²) in [5.41, 5.74) is 3.97. The van der Waals surface area contributed by atoms with E-state index in [9.17, 15) is 4.79 Å². The van der Waals surface area contributed by atoms with Crippen LogP contribution in [0, 0.1) is 13.8 Å². The standard InChI is InChI=1S/C16H14N2OS2/c1-9-4-6-12(7-5-9)15-18-13(8-20-15)16-17-10(2)14(21-16)11(3)19/h4-8H,1-3H3. The molecule has 0 amide bonds. The topological polar surface area (TPSA) is 42.9 Å². The fourth-order valence-corrected chi connectivity index (χ4v) is 3.84. The molecule has 0 spiro atoms. The van der Waals surface area contributed by atoms with Crippen LogP contribution < -0.4 is 0 Å². The Kier molecular flexibility index (Phi) is 3.69. The van der Waals surface area contributed by atoms with Crippen molar-refractivity contribution < 1.29 is 4.79 Å². The molecule has 0 aliphatic heterocycles. The normalized spacial score (nSPS) is 10.8. The minimum absolute atomic E-state index is 0.0604. The molecule has 5 heteroatoms. The summed E-state index contributed by atoms with van der Waals surface area (Å²) in [5, 5.41) is 3.78. The molecule has 0 radical (unpaired) electrons. The van der Waals surface area contributed by atoms with E-state index in [4.69, 9.17) is 0 Å². The van der Waals surface area contributed by atoms with E-state index < -0.39 is 0 Å². The number of thiazole rings is 2. The molecule has 0 unspecified atom stereocenters. The minimum atomic E-state index is 0.0604. The first-order valence-electron chi connectivity index (χ1n) is 6.56. The first kappa shape index (κ1) is 14.1. The van der Waals surface area contributed by atoms with Crippen LogP contribution in [0.1, 0.15) is 27.9 Å².